The van der Waals surface area contributed by atoms with Crippen molar-refractivity contribution in [3.8, 4) is 6.07 Å². The molecule has 2 heteroatoms. The predicted octanol–water partition coefficient (Wildman–Crippen LogP) is 0.715. The van der Waals surface area contributed by atoms with E-state index < -0.39 is 0 Å². The Morgan fingerprint density at radius 2 is 2.00 bits per heavy atom. The Morgan fingerprint density at radius 3 is 2.38 bits per heavy atom. The fourth-order valence-corrected chi connectivity index (χ4v) is 0.461. The minimum absolute atomic E-state index is 0.684. The molecule has 0 spiro atoms. The van der Waals surface area contributed by atoms with Crippen molar-refractivity contribution in [1.29, 1.82) is 5.26 Å². The van der Waals surface area contributed by atoms with Crippen LogP contribution in [0.25, 0.3) is 0 Å². The Hall–Kier alpha value is -1.23. The zero-order valence-electron chi connectivity index (χ0n) is 4.26. The lowest BCUT2D eigenvalue weighted by Gasteiger charge is -1.98. The van der Waals surface area contributed by atoms with Crippen LogP contribution in [0.15, 0.2) is 24.6 Å². The molecule has 0 unspecified atom stereocenters. The number of hydrogen-bond donors (Lipinski definition) is 1. The Labute approximate surface area is 48.1 Å². The fraction of sp³-hybridized carbons (Fsp3) is 0. The maximum atomic E-state index is 8.27. The third kappa shape index (κ3) is 0.881. The van der Waals surface area contributed by atoms with Crippen molar-refractivity contribution in [2.45, 2.75) is 0 Å². The van der Waals surface area contributed by atoms with E-state index in [0.29, 0.717) is 5.92 Å². The summed E-state index contributed by atoms with van der Waals surface area (Å²) in [4.78, 5) is 0. The number of nitriles is 1. The molecule has 0 atom stereocenters. The van der Waals surface area contributed by atoms with E-state index >= 15 is 0 Å². The third-order valence-corrected chi connectivity index (χ3v) is 0.847. The molecule has 1 aliphatic heterocycles. The molecule has 1 aliphatic rings. The first-order valence-corrected chi connectivity index (χ1v) is 2.29. The minimum atomic E-state index is 0.684. The number of nitrogens with zero attached hydrogens (tertiary/aromatic N) is 1. The van der Waals surface area contributed by atoms with E-state index in [4.69, 9.17) is 5.26 Å². The highest BCUT2D eigenvalue weighted by Crippen LogP contribution is 2.03. The first-order valence-electron chi connectivity index (χ1n) is 2.29. The molecule has 0 bridgehead atoms. The van der Waals surface area contributed by atoms with Gasteiger partial charge in [-0.1, -0.05) is 0 Å². The molecule has 2 nitrogen and oxygen atoms in total. The van der Waals surface area contributed by atoms with Gasteiger partial charge in [-0.15, -0.1) is 0 Å². The summed E-state index contributed by atoms with van der Waals surface area (Å²) in [6, 6.07) is 2.01. The smallest absolute Gasteiger partial charge is 0.122 e. The van der Waals surface area contributed by atoms with Gasteiger partial charge >= 0.3 is 0 Å². The number of rotatable bonds is 0. The minimum Gasteiger partial charge on any atom is -0.368 e. The maximum Gasteiger partial charge on any atom is 0.122 e. The summed E-state index contributed by atoms with van der Waals surface area (Å²) < 4.78 is 0. The first-order chi connectivity index (χ1) is 3.93. The Balaban J connectivity index is 2.58. The second-order valence-electron chi connectivity index (χ2n) is 1.40. The highest BCUT2D eigenvalue weighted by atomic mass is 14.8. The first kappa shape index (κ1) is 4.92. The van der Waals surface area contributed by atoms with E-state index in [1.807, 2.05) is 6.07 Å². The standard InChI is InChI=1S/C6H5N2/c7-5-6-1-3-8-4-2-6/h1-4,8H. The van der Waals surface area contributed by atoms with Gasteiger partial charge in [0, 0.05) is 0 Å². The molecule has 0 aromatic heterocycles. The topological polar surface area (TPSA) is 35.8 Å². The van der Waals surface area contributed by atoms with Crippen molar-refractivity contribution >= 4 is 0 Å². The molecule has 0 fully saturated rings. The van der Waals surface area contributed by atoms with E-state index in [2.05, 4.69) is 5.32 Å². The zero-order valence-corrected chi connectivity index (χ0v) is 4.26. The quantitative estimate of drug-likeness (QED) is 0.492. The molecule has 1 heterocycles. The van der Waals surface area contributed by atoms with E-state index in [1.165, 1.54) is 0 Å². The summed E-state index contributed by atoms with van der Waals surface area (Å²) in [7, 11) is 0. The molecule has 8 heavy (non-hydrogen) atoms. The molecule has 1 radical (unpaired) electrons. The molecule has 0 aliphatic carbocycles. The van der Waals surface area contributed by atoms with Gasteiger partial charge < -0.3 is 5.32 Å². The van der Waals surface area contributed by atoms with Gasteiger partial charge in [-0.2, -0.15) is 5.26 Å². The highest BCUT2D eigenvalue weighted by molar-refractivity contribution is 5.36. The van der Waals surface area contributed by atoms with Crippen molar-refractivity contribution in [3.63, 3.8) is 0 Å². The predicted molar refractivity (Wildman–Crippen MR) is 30.3 cm³/mol. The normalized spacial score (nSPS) is 17.4. The SMILES string of the molecule is N#C[C]1C=CNC=C1. The average Bonchev–Trinajstić information content (AvgIpc) is 1.90. The lowest BCUT2D eigenvalue weighted by molar-refractivity contribution is 1.14. The summed E-state index contributed by atoms with van der Waals surface area (Å²) in [6.07, 6.45) is 6.89. The van der Waals surface area contributed by atoms with Gasteiger partial charge in [0.05, 0.1) is 6.07 Å². The number of dihydropyridines is 1. The van der Waals surface area contributed by atoms with Gasteiger partial charge in [-0.05, 0) is 24.6 Å². The molecule has 0 amide bonds. The van der Waals surface area contributed by atoms with Gasteiger partial charge in [0.15, 0.2) is 0 Å². The van der Waals surface area contributed by atoms with E-state index in [9.17, 15) is 0 Å². The van der Waals surface area contributed by atoms with Crippen LogP contribution in [0.5, 0.6) is 0 Å². The number of nitrogens with one attached hydrogen (secondary N) is 1. The summed E-state index contributed by atoms with van der Waals surface area (Å²) in [5, 5.41) is 11.1. The third-order valence-electron chi connectivity index (χ3n) is 0.847. The van der Waals surface area contributed by atoms with Crippen LogP contribution in [-0.2, 0) is 0 Å². The molecule has 0 saturated carbocycles. The molecule has 39 valence electrons. The zero-order chi connectivity index (χ0) is 5.82. The van der Waals surface area contributed by atoms with E-state index in [0.717, 1.165) is 0 Å². The molecule has 0 aromatic rings. The van der Waals surface area contributed by atoms with Crippen LogP contribution in [-0.4, -0.2) is 0 Å². The highest BCUT2D eigenvalue weighted by Gasteiger charge is 1.98. The number of allylic oxidation sites excluding steroid dienone is 2. The van der Waals surface area contributed by atoms with Crippen molar-refractivity contribution in [3.05, 3.63) is 30.5 Å². The van der Waals surface area contributed by atoms with Crippen LogP contribution in [0.4, 0.5) is 0 Å². The average molecular weight is 105 g/mol. The van der Waals surface area contributed by atoms with Crippen molar-refractivity contribution in [1.82, 2.24) is 5.32 Å². The second kappa shape index (κ2) is 2.17. The largest absolute Gasteiger partial charge is 0.368 e. The van der Waals surface area contributed by atoms with Crippen molar-refractivity contribution in [2.24, 2.45) is 0 Å². The fourth-order valence-electron chi connectivity index (χ4n) is 0.461. The van der Waals surface area contributed by atoms with Crippen LogP contribution in [0, 0.1) is 17.2 Å². The van der Waals surface area contributed by atoms with E-state index in [1.54, 1.807) is 24.6 Å². The summed E-state index contributed by atoms with van der Waals surface area (Å²) >= 11 is 0. The molecule has 0 aromatic carbocycles. The Morgan fingerprint density at radius 1 is 1.38 bits per heavy atom. The lowest BCUT2D eigenvalue weighted by atomic mass is 10.1. The van der Waals surface area contributed by atoms with Gasteiger partial charge in [-0.25, -0.2) is 0 Å². The summed E-state index contributed by atoms with van der Waals surface area (Å²) in [5.41, 5.74) is 0. The molecule has 1 N–H and O–H groups in total. The lowest BCUT2D eigenvalue weighted by Crippen LogP contribution is -1.99. The van der Waals surface area contributed by atoms with E-state index in [-0.39, 0.29) is 0 Å². The van der Waals surface area contributed by atoms with Gasteiger partial charge in [0.1, 0.15) is 5.92 Å². The molecule has 1 rings (SSSR count). The van der Waals surface area contributed by atoms with Gasteiger partial charge in [0.25, 0.3) is 0 Å². The molecule has 0 saturated heterocycles. The van der Waals surface area contributed by atoms with Crippen LogP contribution in [0.3, 0.4) is 0 Å². The van der Waals surface area contributed by atoms with Gasteiger partial charge in [0.2, 0.25) is 0 Å². The number of hydrogen-bond acceptors (Lipinski definition) is 2. The van der Waals surface area contributed by atoms with Crippen LogP contribution >= 0.6 is 0 Å². The second-order valence-corrected chi connectivity index (χ2v) is 1.40. The van der Waals surface area contributed by atoms with Gasteiger partial charge in [-0.3, -0.25) is 0 Å². The maximum absolute atomic E-state index is 8.27. The molecular weight excluding hydrogens is 100 g/mol. The van der Waals surface area contributed by atoms with Crippen LogP contribution in [0.1, 0.15) is 0 Å². The van der Waals surface area contributed by atoms with Crippen LogP contribution in [0.2, 0.25) is 0 Å². The Kier molecular flexibility index (Phi) is 1.34. The Bertz CT molecular complexity index is 150. The summed E-state index contributed by atoms with van der Waals surface area (Å²) in [5.74, 6) is 0.684. The van der Waals surface area contributed by atoms with Crippen LogP contribution < -0.4 is 5.32 Å². The monoisotopic (exact) mass is 105 g/mol. The summed E-state index contributed by atoms with van der Waals surface area (Å²) in [6.45, 7) is 0. The van der Waals surface area contributed by atoms with Crippen molar-refractivity contribution < 1.29 is 0 Å². The van der Waals surface area contributed by atoms with Crippen molar-refractivity contribution in [2.75, 3.05) is 0 Å². The molecular formula is C6H5N2.